The third-order valence-electron chi connectivity index (χ3n) is 2.73. The van der Waals surface area contributed by atoms with Crippen molar-refractivity contribution in [2.75, 3.05) is 13.7 Å². The van der Waals surface area contributed by atoms with E-state index in [-0.39, 0.29) is 0 Å². The zero-order valence-electron chi connectivity index (χ0n) is 11.8. The van der Waals surface area contributed by atoms with Gasteiger partial charge in [-0.2, -0.15) is 0 Å². The van der Waals surface area contributed by atoms with Crippen LogP contribution in [0.1, 0.15) is 5.56 Å². The first kappa shape index (κ1) is 15.3. The largest absolute Gasteiger partial charge is 0.497 e. The topological polar surface area (TPSA) is 30.8 Å². The van der Waals surface area contributed by atoms with E-state index in [2.05, 4.69) is 27.5 Å². The van der Waals surface area contributed by atoms with Gasteiger partial charge in [0.05, 0.1) is 12.8 Å². The molecule has 0 aliphatic carbocycles. The third-order valence-corrected chi connectivity index (χ3v) is 3.26. The van der Waals surface area contributed by atoms with Crippen LogP contribution in [0.15, 0.2) is 70.7 Å². The Morgan fingerprint density at radius 3 is 2.38 bits per heavy atom. The first-order chi connectivity index (χ1) is 10.2. The van der Waals surface area contributed by atoms with Gasteiger partial charge in [0.15, 0.2) is 0 Å². The molecule has 3 nitrogen and oxygen atoms in total. The fourth-order valence-electron chi connectivity index (χ4n) is 1.68. The molecule has 2 aromatic rings. The average molecular weight is 346 g/mol. The summed E-state index contributed by atoms with van der Waals surface area (Å²) in [5, 5.41) is 0. The molecule has 0 saturated carbocycles. The van der Waals surface area contributed by atoms with E-state index < -0.39 is 0 Å². The summed E-state index contributed by atoms with van der Waals surface area (Å²) in [5.74, 6) is 1.35. The maximum atomic E-state index is 5.66. The fourth-order valence-corrected chi connectivity index (χ4v) is 1.95. The van der Waals surface area contributed by atoms with Crippen LogP contribution in [0.25, 0.3) is 0 Å². The van der Waals surface area contributed by atoms with Crippen molar-refractivity contribution >= 4 is 27.5 Å². The van der Waals surface area contributed by atoms with Gasteiger partial charge in [-0.3, -0.25) is 0 Å². The van der Waals surface area contributed by atoms with Crippen molar-refractivity contribution in [3.63, 3.8) is 0 Å². The van der Waals surface area contributed by atoms with E-state index in [9.17, 15) is 0 Å². The molecular formula is C17H16BrNO2. The number of methoxy groups -OCH3 is 1. The summed E-state index contributed by atoms with van der Waals surface area (Å²) in [6.45, 7) is 4.07. The van der Waals surface area contributed by atoms with Crippen molar-refractivity contribution in [2.24, 2.45) is 4.99 Å². The Bertz CT molecular complexity index is 618. The summed E-state index contributed by atoms with van der Waals surface area (Å²) in [5.41, 5.74) is 1.72. The molecule has 0 atom stereocenters. The van der Waals surface area contributed by atoms with Gasteiger partial charge in [-0.15, -0.1) is 0 Å². The van der Waals surface area contributed by atoms with Gasteiger partial charge in [0.2, 0.25) is 5.90 Å². The third kappa shape index (κ3) is 4.46. The highest BCUT2D eigenvalue weighted by atomic mass is 79.9. The van der Waals surface area contributed by atoms with E-state index in [1.807, 2.05) is 48.5 Å². The molecule has 0 bridgehead atoms. The van der Waals surface area contributed by atoms with E-state index >= 15 is 0 Å². The molecule has 0 heterocycles. The molecule has 0 fully saturated rings. The molecule has 0 unspecified atom stereocenters. The molecule has 0 aliphatic heterocycles. The molecule has 108 valence electrons. The highest BCUT2D eigenvalue weighted by Gasteiger charge is 2.05. The van der Waals surface area contributed by atoms with Crippen LogP contribution in [-0.4, -0.2) is 19.6 Å². The van der Waals surface area contributed by atoms with Crippen LogP contribution < -0.4 is 4.74 Å². The molecule has 0 N–H and O–H groups in total. The Labute approximate surface area is 133 Å². The summed E-state index contributed by atoms with van der Waals surface area (Å²) in [6.07, 6.45) is 1.70. The van der Waals surface area contributed by atoms with Crippen LogP contribution in [-0.2, 0) is 4.74 Å². The number of halogens is 1. The summed E-state index contributed by atoms with van der Waals surface area (Å²) in [6, 6.07) is 15.3. The monoisotopic (exact) mass is 345 g/mol. The lowest BCUT2D eigenvalue weighted by Gasteiger charge is -2.09. The van der Waals surface area contributed by atoms with E-state index in [1.54, 1.807) is 13.2 Å². The molecule has 21 heavy (non-hydrogen) atoms. The van der Waals surface area contributed by atoms with Gasteiger partial charge in [-0.1, -0.05) is 28.6 Å². The number of aliphatic imine (C=N–C) groups is 1. The predicted molar refractivity (Wildman–Crippen MR) is 89.5 cm³/mol. The maximum absolute atomic E-state index is 5.66. The predicted octanol–water partition coefficient (Wildman–Crippen LogP) is 4.74. The number of benzene rings is 2. The van der Waals surface area contributed by atoms with Crippen LogP contribution in [0, 0.1) is 0 Å². The SMILES string of the molecule is C=CCOC(=Nc1ccc(Br)cc1)c1ccc(OC)cc1. The van der Waals surface area contributed by atoms with Gasteiger partial charge < -0.3 is 9.47 Å². The van der Waals surface area contributed by atoms with Crippen molar-refractivity contribution in [1.82, 2.24) is 0 Å². The van der Waals surface area contributed by atoms with Crippen molar-refractivity contribution in [3.05, 3.63) is 71.2 Å². The molecule has 0 saturated heterocycles. The smallest absolute Gasteiger partial charge is 0.221 e. The highest BCUT2D eigenvalue weighted by Crippen LogP contribution is 2.19. The Balaban J connectivity index is 2.31. The van der Waals surface area contributed by atoms with Crippen LogP contribution >= 0.6 is 15.9 Å². The zero-order valence-corrected chi connectivity index (χ0v) is 13.3. The van der Waals surface area contributed by atoms with Gasteiger partial charge in [0.25, 0.3) is 0 Å². The lowest BCUT2D eigenvalue weighted by atomic mass is 10.2. The summed E-state index contributed by atoms with van der Waals surface area (Å²) >= 11 is 3.41. The number of rotatable bonds is 5. The first-order valence-corrected chi connectivity index (χ1v) is 7.24. The van der Waals surface area contributed by atoms with E-state index in [1.165, 1.54) is 0 Å². The molecular weight excluding hydrogens is 330 g/mol. The van der Waals surface area contributed by atoms with Crippen LogP contribution in [0.2, 0.25) is 0 Å². The van der Waals surface area contributed by atoms with E-state index in [0.29, 0.717) is 12.5 Å². The lowest BCUT2D eigenvalue weighted by Crippen LogP contribution is -2.06. The quantitative estimate of drug-likeness (QED) is 0.445. The maximum Gasteiger partial charge on any atom is 0.221 e. The highest BCUT2D eigenvalue weighted by molar-refractivity contribution is 9.10. The molecule has 2 rings (SSSR count). The van der Waals surface area contributed by atoms with Crippen molar-refractivity contribution in [1.29, 1.82) is 0 Å². The minimum absolute atomic E-state index is 0.404. The summed E-state index contributed by atoms with van der Waals surface area (Å²) < 4.78 is 11.8. The second-order valence-corrected chi connectivity index (χ2v) is 5.14. The standard InChI is InChI=1S/C17H16BrNO2/c1-3-12-21-17(13-4-10-16(20-2)11-5-13)19-15-8-6-14(18)7-9-15/h3-11H,1,12H2,2H3. The minimum Gasteiger partial charge on any atom is -0.497 e. The number of hydrogen-bond donors (Lipinski definition) is 0. The number of hydrogen-bond acceptors (Lipinski definition) is 3. The Kier molecular flexibility index (Phi) is 5.58. The normalized spacial score (nSPS) is 11.0. The zero-order chi connectivity index (χ0) is 15.1. The lowest BCUT2D eigenvalue weighted by molar-refractivity contribution is 0.352. The Morgan fingerprint density at radius 2 is 1.81 bits per heavy atom. The molecule has 4 heteroatoms. The van der Waals surface area contributed by atoms with Crippen LogP contribution in [0.4, 0.5) is 5.69 Å². The van der Waals surface area contributed by atoms with Gasteiger partial charge in [-0.05, 0) is 48.5 Å². The number of nitrogens with zero attached hydrogens (tertiary/aromatic N) is 1. The molecule has 0 aromatic heterocycles. The molecule has 2 aromatic carbocycles. The van der Waals surface area contributed by atoms with Crippen molar-refractivity contribution in [3.8, 4) is 5.75 Å². The Morgan fingerprint density at radius 1 is 1.14 bits per heavy atom. The first-order valence-electron chi connectivity index (χ1n) is 6.45. The summed E-state index contributed by atoms with van der Waals surface area (Å²) in [7, 11) is 1.64. The number of ether oxygens (including phenoxy) is 2. The van der Waals surface area contributed by atoms with Gasteiger partial charge in [-0.25, -0.2) is 4.99 Å². The van der Waals surface area contributed by atoms with Gasteiger partial charge in [0.1, 0.15) is 12.4 Å². The van der Waals surface area contributed by atoms with E-state index in [0.717, 1.165) is 21.5 Å². The fraction of sp³-hybridized carbons (Fsp3) is 0.118. The minimum atomic E-state index is 0.404. The molecule has 0 aliphatic rings. The van der Waals surface area contributed by atoms with Gasteiger partial charge >= 0.3 is 0 Å². The second kappa shape index (κ2) is 7.64. The van der Waals surface area contributed by atoms with Crippen molar-refractivity contribution in [2.45, 2.75) is 0 Å². The second-order valence-electron chi connectivity index (χ2n) is 4.22. The van der Waals surface area contributed by atoms with E-state index in [4.69, 9.17) is 9.47 Å². The van der Waals surface area contributed by atoms with Crippen molar-refractivity contribution < 1.29 is 9.47 Å². The molecule has 0 spiro atoms. The van der Waals surface area contributed by atoms with Gasteiger partial charge in [0, 0.05) is 10.0 Å². The molecule has 0 amide bonds. The van der Waals surface area contributed by atoms with Crippen LogP contribution in [0.3, 0.4) is 0 Å². The Hall–Kier alpha value is -2.07. The van der Waals surface area contributed by atoms with Crippen LogP contribution in [0.5, 0.6) is 5.75 Å². The average Bonchev–Trinajstić information content (AvgIpc) is 2.53. The molecule has 0 radical (unpaired) electrons. The summed E-state index contributed by atoms with van der Waals surface area (Å²) in [4.78, 5) is 4.55.